The molecule has 0 unspecified atom stereocenters. The third-order valence-electron chi connectivity index (χ3n) is 2.94. The molecule has 1 aromatic rings. The number of aliphatic hydroxyl groups excluding tert-OH is 2. The number of ether oxygens (including phenoxy) is 1. The van der Waals surface area contributed by atoms with Crippen LogP contribution in [0.3, 0.4) is 0 Å². The molecule has 0 aliphatic carbocycles. The molecule has 2 N–H and O–H groups in total. The predicted molar refractivity (Wildman–Crippen MR) is 80.0 cm³/mol. The first-order chi connectivity index (χ1) is 9.74. The summed E-state index contributed by atoms with van der Waals surface area (Å²) in [7, 11) is 0. The van der Waals surface area contributed by atoms with E-state index in [0.29, 0.717) is 13.0 Å². The second kappa shape index (κ2) is 10.4. The van der Waals surface area contributed by atoms with Crippen LogP contribution in [0.2, 0.25) is 0 Å². The van der Waals surface area contributed by atoms with Crippen molar-refractivity contribution in [3.05, 3.63) is 35.9 Å². The Morgan fingerprint density at radius 3 is 2.55 bits per heavy atom. The molecule has 1 aromatic carbocycles. The molecule has 3 nitrogen and oxygen atoms in total. The van der Waals surface area contributed by atoms with E-state index in [9.17, 15) is 10.2 Å². The zero-order valence-electron chi connectivity index (χ0n) is 12.1. The molecular weight excluding hydrogens is 252 g/mol. The summed E-state index contributed by atoms with van der Waals surface area (Å²) in [5.41, 5.74) is 1.05. The van der Waals surface area contributed by atoms with Crippen LogP contribution in [0.5, 0.6) is 0 Å². The Morgan fingerprint density at radius 2 is 1.85 bits per heavy atom. The van der Waals surface area contributed by atoms with Crippen molar-refractivity contribution in [3.8, 4) is 11.8 Å². The fourth-order valence-electron chi connectivity index (χ4n) is 1.65. The molecule has 20 heavy (non-hydrogen) atoms. The molecule has 110 valence electrons. The van der Waals surface area contributed by atoms with Gasteiger partial charge in [0.05, 0.1) is 19.3 Å². The van der Waals surface area contributed by atoms with Crippen molar-refractivity contribution < 1.29 is 14.9 Å². The minimum Gasteiger partial charge on any atom is -0.389 e. The molecular formula is C17H24O3. The van der Waals surface area contributed by atoms with Gasteiger partial charge in [-0.15, -0.1) is 11.8 Å². The van der Waals surface area contributed by atoms with Crippen LogP contribution in [0.1, 0.15) is 38.2 Å². The standard InChI is InChI=1S/C17H24O3/c1-2-3-4-5-9-12-16(18)17(19)14-20-13-15-10-7-6-8-11-15/h6-8,10-11,16-19H,2-4,12-14H2,1H3/t16-,17-/m0/s1. The second-order valence-corrected chi connectivity index (χ2v) is 4.80. The highest BCUT2D eigenvalue weighted by molar-refractivity contribution is 5.13. The van der Waals surface area contributed by atoms with Gasteiger partial charge in [-0.25, -0.2) is 0 Å². The fraction of sp³-hybridized carbons (Fsp3) is 0.529. The molecule has 0 amide bonds. The fourth-order valence-corrected chi connectivity index (χ4v) is 1.65. The molecule has 0 bridgehead atoms. The zero-order valence-corrected chi connectivity index (χ0v) is 12.1. The minimum atomic E-state index is -0.890. The average molecular weight is 276 g/mol. The van der Waals surface area contributed by atoms with Gasteiger partial charge >= 0.3 is 0 Å². The smallest absolute Gasteiger partial charge is 0.104 e. The van der Waals surface area contributed by atoms with Gasteiger partial charge in [0.15, 0.2) is 0 Å². The normalized spacial score (nSPS) is 13.3. The van der Waals surface area contributed by atoms with Crippen LogP contribution < -0.4 is 0 Å². The summed E-state index contributed by atoms with van der Waals surface area (Å²) >= 11 is 0. The van der Waals surface area contributed by atoms with Gasteiger partial charge in [-0.05, 0) is 12.0 Å². The lowest BCUT2D eigenvalue weighted by Crippen LogP contribution is -2.30. The van der Waals surface area contributed by atoms with Crippen molar-refractivity contribution in [2.45, 2.75) is 51.4 Å². The van der Waals surface area contributed by atoms with Crippen LogP contribution in [0.15, 0.2) is 30.3 Å². The zero-order chi connectivity index (χ0) is 14.6. The largest absolute Gasteiger partial charge is 0.389 e. The molecule has 0 fully saturated rings. The van der Waals surface area contributed by atoms with Crippen LogP contribution in [0.25, 0.3) is 0 Å². The molecule has 0 saturated carbocycles. The molecule has 3 heteroatoms. The van der Waals surface area contributed by atoms with Gasteiger partial charge in [0.1, 0.15) is 6.10 Å². The van der Waals surface area contributed by atoms with E-state index in [2.05, 4.69) is 18.8 Å². The van der Waals surface area contributed by atoms with Crippen LogP contribution in [0.4, 0.5) is 0 Å². The first-order valence-electron chi connectivity index (χ1n) is 7.17. The molecule has 0 spiro atoms. The molecule has 0 saturated heterocycles. The Hall–Kier alpha value is -1.34. The van der Waals surface area contributed by atoms with E-state index >= 15 is 0 Å². The summed E-state index contributed by atoms with van der Waals surface area (Å²) in [6.45, 7) is 2.67. The van der Waals surface area contributed by atoms with Crippen molar-refractivity contribution in [3.63, 3.8) is 0 Å². The lowest BCUT2D eigenvalue weighted by molar-refractivity contribution is -0.0399. The lowest BCUT2D eigenvalue weighted by Gasteiger charge is -2.15. The number of hydrogen-bond donors (Lipinski definition) is 2. The monoisotopic (exact) mass is 276 g/mol. The van der Waals surface area contributed by atoms with Crippen molar-refractivity contribution in [2.24, 2.45) is 0 Å². The summed E-state index contributed by atoms with van der Waals surface area (Å²) in [4.78, 5) is 0. The minimum absolute atomic E-state index is 0.118. The Labute approximate surface area is 121 Å². The van der Waals surface area contributed by atoms with Crippen molar-refractivity contribution in [1.82, 2.24) is 0 Å². The van der Waals surface area contributed by atoms with Gasteiger partial charge < -0.3 is 14.9 Å². The Balaban J connectivity index is 2.17. The van der Waals surface area contributed by atoms with Gasteiger partial charge in [-0.3, -0.25) is 0 Å². The maximum Gasteiger partial charge on any atom is 0.104 e. The third-order valence-corrected chi connectivity index (χ3v) is 2.94. The predicted octanol–water partition coefficient (Wildman–Crippen LogP) is 2.51. The Morgan fingerprint density at radius 1 is 1.10 bits per heavy atom. The number of hydrogen-bond acceptors (Lipinski definition) is 3. The van der Waals surface area contributed by atoms with E-state index < -0.39 is 12.2 Å². The summed E-state index contributed by atoms with van der Waals surface area (Å²) in [6, 6.07) is 9.75. The Bertz CT molecular complexity index is 405. The first kappa shape index (κ1) is 16.7. The van der Waals surface area contributed by atoms with E-state index in [1.807, 2.05) is 30.3 Å². The van der Waals surface area contributed by atoms with Crippen molar-refractivity contribution >= 4 is 0 Å². The number of benzene rings is 1. The summed E-state index contributed by atoms with van der Waals surface area (Å²) in [6.07, 6.45) is 1.60. The van der Waals surface area contributed by atoms with Gasteiger partial charge in [-0.1, -0.05) is 43.7 Å². The van der Waals surface area contributed by atoms with Crippen LogP contribution in [-0.4, -0.2) is 29.0 Å². The van der Waals surface area contributed by atoms with E-state index in [4.69, 9.17) is 4.74 Å². The quantitative estimate of drug-likeness (QED) is 0.566. The highest BCUT2D eigenvalue weighted by Crippen LogP contribution is 2.04. The van der Waals surface area contributed by atoms with Gasteiger partial charge in [0.25, 0.3) is 0 Å². The SMILES string of the molecule is CCCCC#CC[C@H](O)[C@@H](O)COCc1ccccc1. The summed E-state index contributed by atoms with van der Waals surface area (Å²) in [5.74, 6) is 5.89. The van der Waals surface area contributed by atoms with E-state index in [1.54, 1.807) is 0 Å². The average Bonchev–Trinajstić information content (AvgIpc) is 2.47. The van der Waals surface area contributed by atoms with Crippen LogP contribution >= 0.6 is 0 Å². The number of unbranched alkanes of at least 4 members (excludes halogenated alkanes) is 2. The Kier molecular flexibility index (Phi) is 8.73. The number of rotatable bonds is 8. The van der Waals surface area contributed by atoms with E-state index in [0.717, 1.165) is 24.8 Å². The molecule has 2 atom stereocenters. The van der Waals surface area contributed by atoms with E-state index in [1.165, 1.54) is 0 Å². The maximum atomic E-state index is 9.76. The first-order valence-corrected chi connectivity index (χ1v) is 7.17. The highest BCUT2D eigenvalue weighted by atomic mass is 16.5. The summed E-state index contributed by atoms with van der Waals surface area (Å²) < 4.78 is 5.39. The van der Waals surface area contributed by atoms with Gasteiger partial charge in [-0.2, -0.15) is 0 Å². The molecule has 0 aliphatic rings. The topological polar surface area (TPSA) is 49.7 Å². The molecule has 1 rings (SSSR count). The second-order valence-electron chi connectivity index (χ2n) is 4.80. The number of aliphatic hydroxyl groups is 2. The highest BCUT2D eigenvalue weighted by Gasteiger charge is 2.15. The molecule has 0 aromatic heterocycles. The molecule has 0 heterocycles. The molecule has 0 aliphatic heterocycles. The van der Waals surface area contributed by atoms with Crippen molar-refractivity contribution in [2.75, 3.05) is 6.61 Å². The lowest BCUT2D eigenvalue weighted by atomic mass is 10.1. The maximum absolute atomic E-state index is 9.76. The van der Waals surface area contributed by atoms with Crippen LogP contribution in [0, 0.1) is 11.8 Å². The van der Waals surface area contributed by atoms with E-state index in [-0.39, 0.29) is 6.61 Å². The van der Waals surface area contributed by atoms with Gasteiger partial charge in [0.2, 0.25) is 0 Å². The van der Waals surface area contributed by atoms with Gasteiger partial charge in [0, 0.05) is 12.8 Å². The van der Waals surface area contributed by atoms with Crippen molar-refractivity contribution in [1.29, 1.82) is 0 Å². The van der Waals surface area contributed by atoms with Crippen LogP contribution in [-0.2, 0) is 11.3 Å². The molecule has 0 radical (unpaired) electrons. The summed E-state index contributed by atoms with van der Waals surface area (Å²) in [5, 5.41) is 19.5. The third kappa shape index (κ3) is 7.30.